The number of rotatable bonds is 5. The average Bonchev–Trinajstić information content (AvgIpc) is 3.30. The van der Waals surface area contributed by atoms with Gasteiger partial charge in [-0.05, 0) is 25.0 Å². The molecule has 6 nitrogen and oxygen atoms in total. The molecule has 1 aliphatic rings. The number of nitrogens with one attached hydrogen (secondary N) is 2. The molecule has 2 N–H and O–H groups in total. The van der Waals surface area contributed by atoms with Crippen LogP contribution in [0.15, 0.2) is 34.9 Å². The molecule has 1 aromatic heterocycles. The zero-order valence-electron chi connectivity index (χ0n) is 12.3. The SMILES string of the molecule is O=C(CCc1ncc(-c2ccccc2F)o1)NNC(=O)C1CC1. The van der Waals surface area contributed by atoms with Crippen molar-refractivity contribution < 1.29 is 18.4 Å². The van der Waals surface area contributed by atoms with E-state index in [0.717, 1.165) is 12.8 Å². The Morgan fingerprint density at radius 1 is 1.26 bits per heavy atom. The summed E-state index contributed by atoms with van der Waals surface area (Å²) in [6.07, 6.45) is 3.55. The lowest BCUT2D eigenvalue weighted by Crippen LogP contribution is -2.42. The molecule has 0 spiro atoms. The molecule has 2 aromatic rings. The van der Waals surface area contributed by atoms with Gasteiger partial charge in [0.05, 0.1) is 11.8 Å². The Bertz CT molecular complexity index is 725. The minimum atomic E-state index is -0.393. The van der Waals surface area contributed by atoms with Gasteiger partial charge in [0, 0.05) is 18.8 Å². The van der Waals surface area contributed by atoms with E-state index in [1.807, 2.05) is 0 Å². The Kier molecular flexibility index (Phi) is 4.36. The van der Waals surface area contributed by atoms with Gasteiger partial charge in [-0.3, -0.25) is 20.4 Å². The summed E-state index contributed by atoms with van der Waals surface area (Å²) in [5, 5.41) is 0. The highest BCUT2D eigenvalue weighted by atomic mass is 19.1. The van der Waals surface area contributed by atoms with E-state index in [-0.39, 0.29) is 30.6 Å². The number of oxazole rings is 1. The fraction of sp³-hybridized carbons (Fsp3) is 0.312. The van der Waals surface area contributed by atoms with Gasteiger partial charge in [-0.1, -0.05) is 12.1 Å². The van der Waals surface area contributed by atoms with Crippen LogP contribution in [0.5, 0.6) is 0 Å². The van der Waals surface area contributed by atoms with Crippen molar-refractivity contribution in [1.82, 2.24) is 15.8 Å². The highest BCUT2D eigenvalue weighted by Crippen LogP contribution is 2.28. The Morgan fingerprint density at radius 3 is 2.78 bits per heavy atom. The van der Waals surface area contributed by atoms with Gasteiger partial charge in [0.25, 0.3) is 0 Å². The first-order valence-electron chi connectivity index (χ1n) is 7.42. The maximum absolute atomic E-state index is 13.7. The molecule has 0 saturated heterocycles. The standard InChI is InChI=1S/C16H16FN3O3/c17-12-4-2-1-3-11(12)13-9-18-15(23-13)8-7-14(21)19-20-16(22)10-5-6-10/h1-4,9-10H,5-8H2,(H,19,21)(H,20,22). The Hall–Kier alpha value is -2.70. The molecule has 0 radical (unpaired) electrons. The molecule has 0 bridgehead atoms. The van der Waals surface area contributed by atoms with Crippen LogP contribution in [-0.4, -0.2) is 16.8 Å². The topological polar surface area (TPSA) is 84.2 Å². The molecular formula is C16H16FN3O3. The molecular weight excluding hydrogens is 301 g/mol. The Labute approximate surface area is 132 Å². The zero-order chi connectivity index (χ0) is 16.2. The molecule has 7 heteroatoms. The number of aryl methyl sites for hydroxylation is 1. The van der Waals surface area contributed by atoms with Gasteiger partial charge in [0.2, 0.25) is 11.8 Å². The summed E-state index contributed by atoms with van der Waals surface area (Å²) in [4.78, 5) is 27.1. The van der Waals surface area contributed by atoms with E-state index in [2.05, 4.69) is 15.8 Å². The van der Waals surface area contributed by atoms with Crippen LogP contribution in [0.4, 0.5) is 4.39 Å². The van der Waals surface area contributed by atoms with E-state index in [0.29, 0.717) is 17.2 Å². The number of benzene rings is 1. The molecule has 120 valence electrons. The van der Waals surface area contributed by atoms with Gasteiger partial charge < -0.3 is 4.42 Å². The highest BCUT2D eigenvalue weighted by molar-refractivity contribution is 5.84. The van der Waals surface area contributed by atoms with Gasteiger partial charge in [-0.2, -0.15) is 0 Å². The number of carbonyl (C=O) groups excluding carboxylic acids is 2. The third kappa shape index (κ3) is 3.94. The van der Waals surface area contributed by atoms with Gasteiger partial charge in [-0.15, -0.1) is 0 Å². The zero-order valence-corrected chi connectivity index (χ0v) is 12.3. The first-order chi connectivity index (χ1) is 11.1. The van der Waals surface area contributed by atoms with Gasteiger partial charge in [0.15, 0.2) is 11.7 Å². The summed E-state index contributed by atoms with van der Waals surface area (Å²) in [5.74, 6) is -0.186. The lowest BCUT2D eigenvalue weighted by molar-refractivity contribution is -0.129. The molecule has 1 saturated carbocycles. The second-order valence-electron chi connectivity index (χ2n) is 5.41. The predicted molar refractivity (Wildman–Crippen MR) is 79.2 cm³/mol. The van der Waals surface area contributed by atoms with Gasteiger partial charge in [-0.25, -0.2) is 9.37 Å². The summed E-state index contributed by atoms with van der Waals surface area (Å²) in [7, 11) is 0. The first-order valence-corrected chi connectivity index (χ1v) is 7.42. The molecule has 1 fully saturated rings. The van der Waals surface area contributed by atoms with E-state index in [9.17, 15) is 14.0 Å². The minimum Gasteiger partial charge on any atom is -0.441 e. The van der Waals surface area contributed by atoms with Crippen molar-refractivity contribution in [2.24, 2.45) is 5.92 Å². The largest absolute Gasteiger partial charge is 0.441 e. The first kappa shape index (κ1) is 15.2. The van der Waals surface area contributed by atoms with Crippen molar-refractivity contribution >= 4 is 11.8 Å². The maximum atomic E-state index is 13.7. The summed E-state index contributed by atoms with van der Waals surface area (Å²) in [5.41, 5.74) is 5.06. The molecule has 1 aromatic carbocycles. The molecule has 3 rings (SSSR count). The smallest absolute Gasteiger partial charge is 0.241 e. The summed E-state index contributed by atoms with van der Waals surface area (Å²) >= 11 is 0. The molecule has 1 aliphatic carbocycles. The number of carbonyl (C=O) groups is 2. The van der Waals surface area contributed by atoms with Crippen LogP contribution in [0.2, 0.25) is 0 Å². The third-order valence-corrected chi connectivity index (χ3v) is 3.53. The number of amides is 2. The normalized spacial score (nSPS) is 13.6. The number of hydrogen-bond acceptors (Lipinski definition) is 4. The van der Waals surface area contributed by atoms with Crippen molar-refractivity contribution in [1.29, 1.82) is 0 Å². The number of halogens is 1. The van der Waals surface area contributed by atoms with Crippen LogP contribution in [-0.2, 0) is 16.0 Å². The molecule has 2 amide bonds. The quantitative estimate of drug-likeness (QED) is 0.826. The molecule has 0 unspecified atom stereocenters. The monoisotopic (exact) mass is 317 g/mol. The minimum absolute atomic E-state index is 0.0327. The second-order valence-corrected chi connectivity index (χ2v) is 5.41. The van der Waals surface area contributed by atoms with Gasteiger partial charge in [0.1, 0.15) is 5.82 Å². The van der Waals surface area contributed by atoms with Crippen LogP contribution >= 0.6 is 0 Å². The lowest BCUT2D eigenvalue weighted by atomic mass is 10.2. The highest BCUT2D eigenvalue weighted by Gasteiger charge is 2.29. The Morgan fingerprint density at radius 2 is 2.04 bits per heavy atom. The summed E-state index contributed by atoms with van der Waals surface area (Å²) < 4.78 is 19.1. The fourth-order valence-electron chi connectivity index (χ4n) is 2.07. The second kappa shape index (κ2) is 6.60. The summed E-state index contributed by atoms with van der Waals surface area (Å²) in [6, 6.07) is 6.24. The van der Waals surface area contributed by atoms with Crippen molar-refractivity contribution in [3.63, 3.8) is 0 Å². The van der Waals surface area contributed by atoms with Crippen LogP contribution < -0.4 is 10.9 Å². The third-order valence-electron chi connectivity index (χ3n) is 3.53. The number of hydrazine groups is 1. The van der Waals surface area contributed by atoms with Crippen LogP contribution in [0, 0.1) is 11.7 Å². The lowest BCUT2D eigenvalue weighted by Gasteiger charge is -2.05. The Balaban J connectivity index is 1.50. The molecule has 0 atom stereocenters. The predicted octanol–water partition coefficient (Wildman–Crippen LogP) is 1.97. The van der Waals surface area contributed by atoms with Gasteiger partial charge >= 0.3 is 0 Å². The number of nitrogens with zero attached hydrogens (tertiary/aromatic N) is 1. The number of aromatic nitrogens is 1. The van der Waals surface area contributed by atoms with E-state index in [4.69, 9.17) is 4.42 Å². The van der Waals surface area contributed by atoms with Crippen molar-refractivity contribution in [3.8, 4) is 11.3 Å². The number of hydrogen-bond donors (Lipinski definition) is 2. The van der Waals surface area contributed by atoms with E-state index in [1.165, 1.54) is 12.3 Å². The molecule has 23 heavy (non-hydrogen) atoms. The van der Waals surface area contributed by atoms with Crippen LogP contribution in [0.25, 0.3) is 11.3 Å². The fourth-order valence-corrected chi connectivity index (χ4v) is 2.07. The average molecular weight is 317 g/mol. The summed E-state index contributed by atoms with van der Waals surface area (Å²) in [6.45, 7) is 0. The van der Waals surface area contributed by atoms with E-state index in [1.54, 1.807) is 18.2 Å². The van der Waals surface area contributed by atoms with E-state index < -0.39 is 5.82 Å². The van der Waals surface area contributed by atoms with Crippen molar-refractivity contribution in [3.05, 3.63) is 42.2 Å². The molecule has 0 aliphatic heterocycles. The van der Waals surface area contributed by atoms with Crippen LogP contribution in [0.1, 0.15) is 25.2 Å². The van der Waals surface area contributed by atoms with Crippen LogP contribution in [0.3, 0.4) is 0 Å². The maximum Gasteiger partial charge on any atom is 0.241 e. The van der Waals surface area contributed by atoms with Crippen molar-refractivity contribution in [2.45, 2.75) is 25.7 Å². The van der Waals surface area contributed by atoms with Crippen molar-refractivity contribution in [2.75, 3.05) is 0 Å². The van der Waals surface area contributed by atoms with E-state index >= 15 is 0 Å². The molecule has 1 heterocycles.